The second kappa shape index (κ2) is 7.17. The molecule has 8 nitrogen and oxygen atoms in total. The zero-order valence-corrected chi connectivity index (χ0v) is 17.0. The number of nitrogens with one attached hydrogen (secondary N) is 2. The fraction of sp³-hybridized carbons (Fsp3) is 0.0667. The summed E-state index contributed by atoms with van der Waals surface area (Å²) in [6.07, 6.45) is 5.05. The predicted molar refractivity (Wildman–Crippen MR) is 105 cm³/mol. The Bertz CT molecular complexity index is 1330. The smallest absolute Gasteiger partial charge is 0.334 e. The Labute approximate surface area is 177 Å². The van der Waals surface area contributed by atoms with E-state index in [1.165, 1.54) is 35.4 Å². The van der Waals surface area contributed by atoms with Crippen molar-refractivity contribution in [1.29, 1.82) is 0 Å². The molecular weight excluding hydrogens is 473 g/mol. The van der Waals surface area contributed by atoms with Gasteiger partial charge in [0.25, 0.3) is 10.0 Å². The summed E-state index contributed by atoms with van der Waals surface area (Å²) in [7, 11) is -4.20. The van der Waals surface area contributed by atoms with E-state index in [1.54, 1.807) is 0 Å². The van der Waals surface area contributed by atoms with Gasteiger partial charge >= 0.3 is 6.55 Å². The minimum absolute atomic E-state index is 0.149. The highest BCUT2D eigenvalue weighted by Crippen LogP contribution is 2.34. The van der Waals surface area contributed by atoms with Crippen LogP contribution in [0.4, 0.5) is 14.5 Å². The zero-order chi connectivity index (χ0) is 20.9. The summed E-state index contributed by atoms with van der Waals surface area (Å²) in [5.74, 6) is 0. The van der Waals surface area contributed by atoms with E-state index in [1.807, 2.05) is 0 Å². The van der Waals surface area contributed by atoms with Gasteiger partial charge in [0, 0.05) is 17.8 Å². The molecule has 14 heteroatoms. The Morgan fingerprint density at radius 3 is 2.52 bits per heavy atom. The molecule has 29 heavy (non-hydrogen) atoms. The Balaban J connectivity index is 1.80. The van der Waals surface area contributed by atoms with E-state index in [4.69, 9.17) is 34.8 Å². The first-order chi connectivity index (χ1) is 13.7. The van der Waals surface area contributed by atoms with Crippen LogP contribution in [0.3, 0.4) is 0 Å². The van der Waals surface area contributed by atoms with Crippen molar-refractivity contribution in [2.75, 3.05) is 4.72 Å². The molecule has 0 saturated heterocycles. The van der Waals surface area contributed by atoms with Gasteiger partial charge in [0.15, 0.2) is 5.15 Å². The number of aromatic amines is 1. The van der Waals surface area contributed by atoms with Gasteiger partial charge in [0.05, 0.1) is 28.0 Å². The molecule has 0 bridgehead atoms. The predicted octanol–water partition coefficient (Wildman–Crippen LogP) is 4.71. The third-order valence-corrected chi connectivity index (χ3v) is 6.26. The summed E-state index contributed by atoms with van der Waals surface area (Å²) in [5, 5.41) is 7.87. The fourth-order valence-corrected chi connectivity index (χ4v) is 4.63. The second-order valence-corrected chi connectivity index (χ2v) is 8.60. The molecule has 4 aromatic rings. The van der Waals surface area contributed by atoms with Crippen LogP contribution in [0.5, 0.6) is 0 Å². The van der Waals surface area contributed by atoms with Crippen molar-refractivity contribution in [2.45, 2.75) is 11.4 Å². The first-order valence-corrected chi connectivity index (χ1v) is 10.3. The lowest BCUT2D eigenvalue weighted by Gasteiger charge is -2.08. The number of aromatic nitrogens is 5. The maximum absolute atomic E-state index is 12.9. The van der Waals surface area contributed by atoms with Crippen molar-refractivity contribution < 1.29 is 17.2 Å². The minimum Gasteiger partial charge on any atom is -0.358 e. The van der Waals surface area contributed by atoms with Gasteiger partial charge in [-0.15, -0.1) is 0 Å². The molecule has 0 saturated carbocycles. The normalized spacial score (nSPS) is 12.2. The van der Waals surface area contributed by atoms with Crippen LogP contribution in [-0.4, -0.2) is 33.0 Å². The number of nitrogens with zero attached hydrogens (tertiary/aromatic N) is 4. The Morgan fingerprint density at radius 2 is 1.90 bits per heavy atom. The van der Waals surface area contributed by atoms with Gasteiger partial charge in [0.2, 0.25) is 0 Å². The van der Waals surface area contributed by atoms with Crippen LogP contribution in [0, 0.1) is 0 Å². The molecule has 152 valence electrons. The largest absolute Gasteiger partial charge is 0.358 e. The van der Waals surface area contributed by atoms with Gasteiger partial charge in [-0.05, 0) is 12.1 Å². The number of benzene rings is 1. The molecule has 3 aromatic heterocycles. The first kappa shape index (κ1) is 20.0. The molecule has 0 aliphatic heterocycles. The number of fused-ring (bicyclic) bond motifs is 1. The molecule has 2 N–H and O–H groups in total. The third-order valence-electron chi connectivity index (χ3n) is 3.98. The van der Waals surface area contributed by atoms with Gasteiger partial charge in [-0.1, -0.05) is 34.8 Å². The maximum Gasteiger partial charge on any atom is 0.334 e. The average Bonchev–Trinajstić information content (AvgIpc) is 3.34. The SMILES string of the molecule is O=S(=O)(Nc1cnn(C(F)F)c1Cl)c1c[nH]c2c(-n3cc(Cl)cn3)c(Cl)ccc12. The second-order valence-electron chi connectivity index (χ2n) is 5.75. The Hall–Kier alpha value is -2.34. The summed E-state index contributed by atoms with van der Waals surface area (Å²) in [5.41, 5.74) is 0.488. The van der Waals surface area contributed by atoms with Crippen molar-refractivity contribution in [1.82, 2.24) is 24.5 Å². The molecule has 0 spiro atoms. The van der Waals surface area contributed by atoms with Crippen LogP contribution in [-0.2, 0) is 10.0 Å². The van der Waals surface area contributed by atoms with Gasteiger partial charge < -0.3 is 4.98 Å². The van der Waals surface area contributed by atoms with E-state index >= 15 is 0 Å². The number of hydrogen-bond acceptors (Lipinski definition) is 4. The molecule has 0 radical (unpaired) electrons. The number of anilines is 1. The van der Waals surface area contributed by atoms with Crippen LogP contribution in [0.1, 0.15) is 6.55 Å². The number of rotatable bonds is 5. The summed E-state index contributed by atoms with van der Waals surface area (Å²) < 4.78 is 55.1. The van der Waals surface area contributed by atoms with Gasteiger partial charge in [-0.2, -0.15) is 23.7 Å². The van der Waals surface area contributed by atoms with E-state index < -0.39 is 21.7 Å². The van der Waals surface area contributed by atoms with Gasteiger partial charge in [-0.25, -0.2) is 13.1 Å². The number of hydrogen-bond donors (Lipinski definition) is 2. The van der Waals surface area contributed by atoms with Gasteiger partial charge in [0.1, 0.15) is 16.3 Å². The maximum atomic E-state index is 12.9. The highest BCUT2D eigenvalue weighted by Gasteiger charge is 2.25. The summed E-state index contributed by atoms with van der Waals surface area (Å²) in [6, 6.07) is 3.00. The molecule has 0 aliphatic rings. The van der Waals surface area contributed by atoms with Crippen molar-refractivity contribution >= 4 is 61.4 Å². The molecule has 3 heterocycles. The van der Waals surface area contributed by atoms with Crippen molar-refractivity contribution in [2.24, 2.45) is 0 Å². The molecule has 0 fully saturated rings. The first-order valence-electron chi connectivity index (χ1n) is 7.73. The number of halogens is 5. The Kier molecular flexibility index (Phi) is 4.93. The minimum atomic E-state index is -4.20. The van der Waals surface area contributed by atoms with Crippen LogP contribution < -0.4 is 4.72 Å². The van der Waals surface area contributed by atoms with Crippen molar-refractivity contribution in [3.63, 3.8) is 0 Å². The molecule has 0 unspecified atom stereocenters. The summed E-state index contributed by atoms with van der Waals surface area (Å²) >= 11 is 17.9. The van der Waals surface area contributed by atoms with E-state index in [0.29, 0.717) is 26.6 Å². The van der Waals surface area contributed by atoms with Crippen LogP contribution in [0.2, 0.25) is 15.2 Å². The van der Waals surface area contributed by atoms with Crippen LogP contribution in [0.15, 0.2) is 41.8 Å². The third kappa shape index (κ3) is 3.44. The Morgan fingerprint density at radius 1 is 1.14 bits per heavy atom. The lowest BCUT2D eigenvalue weighted by Crippen LogP contribution is -2.12. The van der Waals surface area contributed by atoms with E-state index in [9.17, 15) is 17.2 Å². The molecule has 1 aromatic carbocycles. The average molecular weight is 482 g/mol. The lowest BCUT2D eigenvalue weighted by molar-refractivity contribution is 0.0570. The molecule has 0 atom stereocenters. The topological polar surface area (TPSA) is 97.6 Å². The van der Waals surface area contributed by atoms with Crippen molar-refractivity contribution in [3.05, 3.63) is 52.1 Å². The summed E-state index contributed by atoms with van der Waals surface area (Å²) in [6.45, 7) is -3.01. The van der Waals surface area contributed by atoms with Crippen molar-refractivity contribution in [3.8, 4) is 5.69 Å². The highest BCUT2D eigenvalue weighted by atomic mass is 35.5. The molecule has 0 aliphatic carbocycles. The van der Waals surface area contributed by atoms with E-state index in [0.717, 1.165) is 6.20 Å². The number of H-pyrrole nitrogens is 1. The van der Waals surface area contributed by atoms with Crippen LogP contribution in [0.25, 0.3) is 16.6 Å². The van der Waals surface area contributed by atoms with Crippen LogP contribution >= 0.6 is 34.8 Å². The standard InChI is InChI=1S/C15H9Cl3F2N6O2S/c16-7-3-22-25(6-7)13-9(17)2-1-8-11(5-21-12(8)13)29(27,28)24-10-4-23-26(14(10)18)15(19)20/h1-6,15,21,24H. The lowest BCUT2D eigenvalue weighted by atomic mass is 10.2. The highest BCUT2D eigenvalue weighted by molar-refractivity contribution is 7.93. The quantitative estimate of drug-likeness (QED) is 0.431. The number of alkyl halides is 2. The monoisotopic (exact) mass is 480 g/mol. The summed E-state index contributed by atoms with van der Waals surface area (Å²) in [4.78, 5) is 2.71. The molecule has 0 amide bonds. The zero-order valence-electron chi connectivity index (χ0n) is 13.9. The van der Waals surface area contributed by atoms with E-state index in [2.05, 4.69) is 19.9 Å². The molecule has 4 rings (SSSR count). The number of sulfonamides is 1. The van der Waals surface area contributed by atoms with E-state index in [-0.39, 0.29) is 15.3 Å². The molecular formula is C15H9Cl3F2N6O2S. The van der Waals surface area contributed by atoms with Gasteiger partial charge in [-0.3, -0.25) is 4.72 Å². The fourth-order valence-electron chi connectivity index (χ4n) is 2.75.